The van der Waals surface area contributed by atoms with E-state index in [9.17, 15) is 4.79 Å². The van der Waals surface area contributed by atoms with Crippen LogP contribution in [-0.4, -0.2) is 31.1 Å². The first-order valence-electron chi connectivity index (χ1n) is 7.16. The Labute approximate surface area is 114 Å². The molecule has 4 nitrogen and oxygen atoms in total. The van der Waals surface area contributed by atoms with Crippen LogP contribution in [0.4, 0.5) is 5.69 Å². The Kier molecular flexibility index (Phi) is 3.42. The van der Waals surface area contributed by atoms with Gasteiger partial charge in [-0.15, -0.1) is 0 Å². The molecule has 4 heteroatoms. The standard InChI is InChI=1S/C15H21N3O/c16-15(19)11-5-1-2-7-13(11)18-10-4-8-14(18)12-6-3-9-17-12/h1-2,5,7,12,14,17H,3-4,6,8-10H2,(H2,16,19). The molecular weight excluding hydrogens is 238 g/mol. The lowest BCUT2D eigenvalue weighted by atomic mass is 10.0. The van der Waals surface area contributed by atoms with Crippen LogP contribution in [0.1, 0.15) is 36.0 Å². The summed E-state index contributed by atoms with van der Waals surface area (Å²) >= 11 is 0. The van der Waals surface area contributed by atoms with Crippen LogP contribution in [0.2, 0.25) is 0 Å². The first-order valence-corrected chi connectivity index (χ1v) is 7.16. The van der Waals surface area contributed by atoms with Crippen LogP contribution in [0.3, 0.4) is 0 Å². The molecule has 2 saturated heterocycles. The largest absolute Gasteiger partial charge is 0.366 e. The molecule has 1 amide bonds. The molecule has 3 rings (SSSR count). The summed E-state index contributed by atoms with van der Waals surface area (Å²) in [6.45, 7) is 2.14. The molecule has 3 N–H and O–H groups in total. The summed E-state index contributed by atoms with van der Waals surface area (Å²) in [6.07, 6.45) is 4.88. The maximum atomic E-state index is 11.6. The van der Waals surface area contributed by atoms with Crippen LogP contribution in [-0.2, 0) is 0 Å². The zero-order valence-electron chi connectivity index (χ0n) is 11.1. The quantitative estimate of drug-likeness (QED) is 0.865. The molecule has 102 valence electrons. The highest BCUT2D eigenvalue weighted by atomic mass is 16.1. The zero-order valence-corrected chi connectivity index (χ0v) is 11.1. The van der Waals surface area contributed by atoms with E-state index in [1.165, 1.54) is 25.7 Å². The molecule has 2 heterocycles. The lowest BCUT2D eigenvalue weighted by Gasteiger charge is -2.32. The lowest BCUT2D eigenvalue weighted by molar-refractivity contribution is 0.100. The van der Waals surface area contributed by atoms with Gasteiger partial charge in [-0.05, 0) is 44.4 Å². The minimum atomic E-state index is -0.333. The second kappa shape index (κ2) is 5.21. The van der Waals surface area contributed by atoms with Crippen LogP contribution in [0.5, 0.6) is 0 Å². The van der Waals surface area contributed by atoms with E-state index in [0.29, 0.717) is 17.6 Å². The second-order valence-electron chi connectivity index (χ2n) is 5.49. The van der Waals surface area contributed by atoms with Crippen LogP contribution >= 0.6 is 0 Å². The van der Waals surface area contributed by atoms with Crippen molar-refractivity contribution >= 4 is 11.6 Å². The third kappa shape index (κ3) is 2.32. The summed E-state index contributed by atoms with van der Waals surface area (Å²) in [5, 5.41) is 3.59. The fraction of sp³-hybridized carbons (Fsp3) is 0.533. The number of primary amides is 1. The van der Waals surface area contributed by atoms with E-state index in [0.717, 1.165) is 18.8 Å². The Balaban J connectivity index is 1.90. The minimum absolute atomic E-state index is 0.333. The van der Waals surface area contributed by atoms with Crippen molar-refractivity contribution in [3.05, 3.63) is 29.8 Å². The molecule has 1 aromatic carbocycles. The Hall–Kier alpha value is -1.55. The summed E-state index contributed by atoms with van der Waals surface area (Å²) in [5.41, 5.74) is 7.15. The second-order valence-corrected chi connectivity index (χ2v) is 5.49. The molecule has 2 aliphatic heterocycles. The van der Waals surface area contributed by atoms with Crippen molar-refractivity contribution in [2.75, 3.05) is 18.0 Å². The van der Waals surface area contributed by atoms with Crippen molar-refractivity contribution in [1.82, 2.24) is 5.32 Å². The molecule has 0 spiro atoms. The molecule has 2 aliphatic rings. The number of benzene rings is 1. The van der Waals surface area contributed by atoms with Gasteiger partial charge in [0.15, 0.2) is 0 Å². The van der Waals surface area contributed by atoms with E-state index >= 15 is 0 Å². The number of rotatable bonds is 3. The molecular formula is C15H21N3O. The summed E-state index contributed by atoms with van der Waals surface area (Å²) in [4.78, 5) is 14.0. The number of hydrogen-bond acceptors (Lipinski definition) is 3. The van der Waals surface area contributed by atoms with Gasteiger partial charge in [0.2, 0.25) is 0 Å². The summed E-state index contributed by atoms with van der Waals surface area (Å²) in [7, 11) is 0. The number of nitrogens with two attached hydrogens (primary N) is 1. The van der Waals surface area contributed by atoms with Crippen LogP contribution in [0, 0.1) is 0 Å². The molecule has 1 aromatic rings. The molecule has 0 saturated carbocycles. The number of anilines is 1. The predicted octanol–water partition coefficient (Wildman–Crippen LogP) is 1.51. The van der Waals surface area contributed by atoms with Gasteiger partial charge in [-0.1, -0.05) is 12.1 Å². The third-order valence-electron chi connectivity index (χ3n) is 4.34. The minimum Gasteiger partial charge on any atom is -0.366 e. The van der Waals surface area contributed by atoms with Gasteiger partial charge in [0.1, 0.15) is 0 Å². The van der Waals surface area contributed by atoms with E-state index in [-0.39, 0.29) is 5.91 Å². The maximum Gasteiger partial charge on any atom is 0.250 e. The first kappa shape index (κ1) is 12.5. The van der Waals surface area contributed by atoms with Gasteiger partial charge in [-0.2, -0.15) is 0 Å². The fourth-order valence-electron chi connectivity index (χ4n) is 3.48. The SMILES string of the molecule is NC(=O)c1ccccc1N1CCCC1C1CCCN1. The van der Waals surface area contributed by atoms with E-state index in [1.54, 1.807) is 0 Å². The Morgan fingerprint density at radius 3 is 2.84 bits per heavy atom. The monoisotopic (exact) mass is 259 g/mol. The van der Waals surface area contributed by atoms with Crippen molar-refractivity contribution in [2.45, 2.75) is 37.8 Å². The average molecular weight is 259 g/mol. The van der Waals surface area contributed by atoms with Gasteiger partial charge in [0.25, 0.3) is 5.91 Å². The maximum absolute atomic E-state index is 11.6. The van der Waals surface area contributed by atoms with Gasteiger partial charge in [-0.25, -0.2) is 0 Å². The van der Waals surface area contributed by atoms with Crippen molar-refractivity contribution in [3.8, 4) is 0 Å². The van der Waals surface area contributed by atoms with Gasteiger partial charge < -0.3 is 16.0 Å². The van der Waals surface area contributed by atoms with Gasteiger partial charge in [0, 0.05) is 24.3 Å². The van der Waals surface area contributed by atoms with Crippen LogP contribution in [0.25, 0.3) is 0 Å². The average Bonchev–Trinajstić information content (AvgIpc) is 3.09. The van der Waals surface area contributed by atoms with E-state index in [2.05, 4.69) is 10.2 Å². The van der Waals surface area contributed by atoms with Crippen LogP contribution < -0.4 is 16.0 Å². The topological polar surface area (TPSA) is 58.4 Å². The highest BCUT2D eigenvalue weighted by molar-refractivity contribution is 5.98. The summed E-state index contributed by atoms with van der Waals surface area (Å²) in [6, 6.07) is 8.77. The lowest BCUT2D eigenvalue weighted by Crippen LogP contribution is -2.44. The molecule has 0 aromatic heterocycles. The smallest absolute Gasteiger partial charge is 0.250 e. The van der Waals surface area contributed by atoms with Crippen molar-refractivity contribution < 1.29 is 4.79 Å². The summed E-state index contributed by atoms with van der Waals surface area (Å²) in [5.74, 6) is -0.333. The number of para-hydroxylation sites is 1. The van der Waals surface area contributed by atoms with Crippen molar-refractivity contribution in [1.29, 1.82) is 0 Å². The molecule has 2 atom stereocenters. The van der Waals surface area contributed by atoms with E-state index in [1.807, 2.05) is 24.3 Å². The van der Waals surface area contributed by atoms with Gasteiger partial charge >= 0.3 is 0 Å². The molecule has 0 bridgehead atoms. The number of nitrogens with zero attached hydrogens (tertiary/aromatic N) is 1. The predicted molar refractivity (Wildman–Crippen MR) is 76.4 cm³/mol. The number of carbonyl (C=O) groups is 1. The number of nitrogens with one attached hydrogen (secondary N) is 1. The van der Waals surface area contributed by atoms with E-state index in [4.69, 9.17) is 5.73 Å². The van der Waals surface area contributed by atoms with Gasteiger partial charge in [0.05, 0.1) is 5.56 Å². The molecule has 2 unspecified atom stereocenters. The number of amides is 1. The van der Waals surface area contributed by atoms with Crippen LogP contribution in [0.15, 0.2) is 24.3 Å². The van der Waals surface area contributed by atoms with E-state index < -0.39 is 0 Å². The number of hydrogen-bond donors (Lipinski definition) is 2. The molecule has 2 fully saturated rings. The van der Waals surface area contributed by atoms with Crippen molar-refractivity contribution in [2.24, 2.45) is 5.73 Å². The summed E-state index contributed by atoms with van der Waals surface area (Å²) < 4.78 is 0. The Morgan fingerprint density at radius 1 is 1.26 bits per heavy atom. The number of carbonyl (C=O) groups excluding carboxylic acids is 1. The fourth-order valence-corrected chi connectivity index (χ4v) is 3.48. The first-order chi connectivity index (χ1) is 9.27. The normalized spacial score (nSPS) is 26.8. The van der Waals surface area contributed by atoms with Gasteiger partial charge in [-0.3, -0.25) is 4.79 Å². The highest BCUT2D eigenvalue weighted by Gasteiger charge is 2.34. The third-order valence-corrected chi connectivity index (χ3v) is 4.34. The Morgan fingerprint density at radius 2 is 2.11 bits per heavy atom. The zero-order chi connectivity index (χ0) is 13.2. The van der Waals surface area contributed by atoms with Crippen molar-refractivity contribution in [3.63, 3.8) is 0 Å². The molecule has 0 radical (unpaired) electrons. The highest BCUT2D eigenvalue weighted by Crippen LogP contribution is 2.32. The Bertz CT molecular complexity index is 468. The molecule has 0 aliphatic carbocycles. The molecule has 19 heavy (non-hydrogen) atoms.